The molecular formula is C10H11N3O3S. The number of rotatable bonds is 3. The number of nitrogens with one attached hydrogen (secondary N) is 2. The van der Waals surface area contributed by atoms with Gasteiger partial charge in [-0.1, -0.05) is 0 Å². The normalized spacial score (nSPS) is 10.2. The highest BCUT2D eigenvalue weighted by Gasteiger charge is 2.07. The van der Waals surface area contributed by atoms with Crippen LogP contribution >= 0.6 is 12.2 Å². The molecule has 0 saturated heterocycles. The third kappa shape index (κ3) is 2.09. The number of methoxy groups -OCH3 is 2. The molecule has 0 aliphatic carbocycles. The van der Waals surface area contributed by atoms with Crippen molar-refractivity contribution in [2.45, 2.75) is 0 Å². The van der Waals surface area contributed by atoms with Crippen LogP contribution < -0.4 is 15.2 Å². The molecule has 0 unspecified atom stereocenters. The van der Waals surface area contributed by atoms with Gasteiger partial charge < -0.3 is 9.47 Å². The highest BCUT2D eigenvalue weighted by Crippen LogP contribution is 2.24. The first-order chi connectivity index (χ1) is 8.15. The number of ether oxygens (including phenoxy) is 2. The summed E-state index contributed by atoms with van der Waals surface area (Å²) >= 11 is 5.01. The van der Waals surface area contributed by atoms with E-state index < -0.39 is 0 Å². The van der Waals surface area contributed by atoms with E-state index in [0.717, 1.165) is 0 Å². The third-order valence-electron chi connectivity index (χ3n) is 2.28. The quantitative estimate of drug-likeness (QED) is 0.807. The first-order valence-electron chi connectivity index (χ1n) is 4.79. The fourth-order valence-corrected chi connectivity index (χ4v) is 1.71. The largest absolute Gasteiger partial charge is 0.497 e. The lowest BCUT2D eigenvalue weighted by Crippen LogP contribution is -2.15. The molecule has 1 heterocycles. The van der Waals surface area contributed by atoms with Gasteiger partial charge in [0, 0.05) is 18.2 Å². The average Bonchev–Trinajstić information content (AvgIpc) is 2.68. The minimum absolute atomic E-state index is 0.283. The van der Waals surface area contributed by atoms with E-state index in [4.69, 9.17) is 21.7 Å². The number of hydrogen-bond donors (Lipinski definition) is 2. The van der Waals surface area contributed by atoms with E-state index in [0.29, 0.717) is 17.2 Å². The molecule has 90 valence electrons. The van der Waals surface area contributed by atoms with Crippen molar-refractivity contribution in [3.63, 3.8) is 0 Å². The lowest BCUT2D eigenvalue weighted by Gasteiger charge is -2.07. The number of aromatic amines is 2. The van der Waals surface area contributed by atoms with Crippen LogP contribution in [0, 0.1) is 4.77 Å². The minimum atomic E-state index is -0.342. The van der Waals surface area contributed by atoms with Crippen LogP contribution in [0.1, 0.15) is 0 Å². The molecule has 0 saturated carbocycles. The van der Waals surface area contributed by atoms with E-state index in [-0.39, 0.29) is 10.5 Å². The van der Waals surface area contributed by atoms with Crippen LogP contribution in [0.2, 0.25) is 0 Å². The van der Waals surface area contributed by atoms with Gasteiger partial charge in [-0.25, -0.2) is 14.5 Å². The van der Waals surface area contributed by atoms with Crippen LogP contribution in [0.15, 0.2) is 23.0 Å². The van der Waals surface area contributed by atoms with Crippen molar-refractivity contribution in [2.75, 3.05) is 14.2 Å². The zero-order valence-corrected chi connectivity index (χ0v) is 10.1. The molecule has 0 atom stereocenters. The minimum Gasteiger partial charge on any atom is -0.497 e. The van der Waals surface area contributed by atoms with Crippen molar-refractivity contribution in [2.24, 2.45) is 0 Å². The number of H-pyrrole nitrogens is 2. The predicted octanol–water partition coefficient (Wildman–Crippen LogP) is 1.24. The summed E-state index contributed by atoms with van der Waals surface area (Å²) in [6.45, 7) is 0. The van der Waals surface area contributed by atoms with Gasteiger partial charge in [0.1, 0.15) is 11.5 Å². The second-order valence-electron chi connectivity index (χ2n) is 3.27. The van der Waals surface area contributed by atoms with Crippen molar-refractivity contribution >= 4 is 12.2 Å². The summed E-state index contributed by atoms with van der Waals surface area (Å²) in [6, 6.07) is 5.11. The first kappa shape index (κ1) is 11.5. The Morgan fingerprint density at radius 1 is 1.12 bits per heavy atom. The molecule has 1 aromatic carbocycles. The van der Waals surface area contributed by atoms with Gasteiger partial charge in [0.25, 0.3) is 0 Å². The van der Waals surface area contributed by atoms with Gasteiger partial charge >= 0.3 is 5.69 Å². The van der Waals surface area contributed by atoms with Crippen molar-refractivity contribution in [3.05, 3.63) is 33.5 Å². The number of nitrogens with zero attached hydrogens (tertiary/aromatic N) is 1. The van der Waals surface area contributed by atoms with Gasteiger partial charge in [-0.3, -0.25) is 5.10 Å². The summed E-state index contributed by atoms with van der Waals surface area (Å²) < 4.78 is 11.9. The number of aromatic nitrogens is 3. The average molecular weight is 253 g/mol. The van der Waals surface area contributed by atoms with Crippen molar-refractivity contribution in [3.8, 4) is 17.2 Å². The fraction of sp³-hybridized carbons (Fsp3) is 0.200. The smallest absolute Gasteiger partial charge is 0.347 e. The van der Waals surface area contributed by atoms with Crippen molar-refractivity contribution in [1.82, 2.24) is 14.8 Å². The molecule has 2 N–H and O–H groups in total. The lowest BCUT2D eigenvalue weighted by atomic mass is 10.3. The van der Waals surface area contributed by atoms with E-state index >= 15 is 0 Å². The molecule has 0 amide bonds. The Bertz CT molecular complexity index is 591. The summed E-state index contributed by atoms with van der Waals surface area (Å²) in [5.74, 6) is 1.17. The van der Waals surface area contributed by atoms with Crippen LogP contribution in [-0.2, 0) is 0 Å². The van der Waals surface area contributed by atoms with Gasteiger partial charge in [0.2, 0.25) is 4.77 Å². The second-order valence-corrected chi connectivity index (χ2v) is 3.65. The molecule has 17 heavy (non-hydrogen) atoms. The maximum atomic E-state index is 11.6. The van der Waals surface area contributed by atoms with Crippen molar-refractivity contribution < 1.29 is 9.47 Å². The molecule has 0 radical (unpaired) electrons. The molecule has 6 nitrogen and oxygen atoms in total. The maximum absolute atomic E-state index is 11.6. The van der Waals surface area contributed by atoms with E-state index in [1.54, 1.807) is 32.4 Å². The van der Waals surface area contributed by atoms with Crippen molar-refractivity contribution in [1.29, 1.82) is 0 Å². The van der Waals surface area contributed by atoms with Crippen LogP contribution in [0.4, 0.5) is 0 Å². The first-order valence-corrected chi connectivity index (χ1v) is 5.19. The Morgan fingerprint density at radius 3 is 2.12 bits per heavy atom. The molecule has 2 aromatic rings. The summed E-state index contributed by atoms with van der Waals surface area (Å²) in [7, 11) is 3.08. The van der Waals surface area contributed by atoms with E-state index in [9.17, 15) is 4.79 Å². The van der Waals surface area contributed by atoms with Gasteiger partial charge in [-0.05, 0) is 12.2 Å². The maximum Gasteiger partial charge on any atom is 0.347 e. The monoisotopic (exact) mass is 253 g/mol. The molecule has 2 rings (SSSR count). The molecule has 0 aliphatic heterocycles. The van der Waals surface area contributed by atoms with E-state index in [1.165, 1.54) is 4.57 Å². The lowest BCUT2D eigenvalue weighted by molar-refractivity contribution is 0.394. The van der Waals surface area contributed by atoms with Crippen LogP contribution in [-0.4, -0.2) is 29.0 Å². The standard InChI is InChI=1S/C10H11N3O3S/c1-15-7-3-6(4-8(5-7)16-2)13-9(14)11-12-10(13)17/h3-5H,1-2H3,(H,11,14)(H,12,17). The number of benzene rings is 1. The highest BCUT2D eigenvalue weighted by molar-refractivity contribution is 7.71. The predicted molar refractivity (Wildman–Crippen MR) is 64.7 cm³/mol. The van der Waals surface area contributed by atoms with Gasteiger partial charge in [0.15, 0.2) is 0 Å². The summed E-state index contributed by atoms with van der Waals surface area (Å²) in [5.41, 5.74) is 0.235. The summed E-state index contributed by atoms with van der Waals surface area (Å²) in [4.78, 5) is 11.6. The van der Waals surface area contributed by atoms with Gasteiger partial charge in [0.05, 0.1) is 19.9 Å². The SMILES string of the molecule is COc1cc(OC)cc(-n2c(=O)[nH][nH]c2=S)c1. The highest BCUT2D eigenvalue weighted by atomic mass is 32.1. The molecule has 0 bridgehead atoms. The Labute approximate surface area is 102 Å². The Morgan fingerprint density at radius 2 is 1.71 bits per heavy atom. The zero-order chi connectivity index (χ0) is 12.4. The third-order valence-corrected chi connectivity index (χ3v) is 2.56. The Hall–Kier alpha value is -2.02. The van der Waals surface area contributed by atoms with Crippen LogP contribution in [0.25, 0.3) is 5.69 Å². The molecule has 0 spiro atoms. The molecular weight excluding hydrogens is 242 g/mol. The summed E-state index contributed by atoms with van der Waals surface area (Å²) in [6.07, 6.45) is 0. The Balaban J connectivity index is 2.67. The van der Waals surface area contributed by atoms with Gasteiger partial charge in [-0.2, -0.15) is 0 Å². The summed E-state index contributed by atoms with van der Waals surface area (Å²) in [5, 5.41) is 4.98. The second kappa shape index (κ2) is 4.46. The molecule has 1 aromatic heterocycles. The van der Waals surface area contributed by atoms with E-state index in [1.807, 2.05) is 0 Å². The molecule has 7 heteroatoms. The topological polar surface area (TPSA) is 72.0 Å². The van der Waals surface area contributed by atoms with E-state index in [2.05, 4.69) is 10.2 Å². The van der Waals surface area contributed by atoms with Gasteiger partial charge in [-0.15, -0.1) is 0 Å². The Kier molecular flexibility index (Phi) is 3.01. The van der Waals surface area contributed by atoms with Crippen LogP contribution in [0.3, 0.4) is 0 Å². The molecule has 0 aliphatic rings. The zero-order valence-electron chi connectivity index (χ0n) is 9.31. The molecule has 0 fully saturated rings. The number of hydrogen-bond acceptors (Lipinski definition) is 4. The fourth-order valence-electron chi connectivity index (χ4n) is 1.47. The van der Waals surface area contributed by atoms with Crippen LogP contribution in [0.5, 0.6) is 11.5 Å².